The fraction of sp³-hybridized carbons (Fsp3) is 0.303. The second-order valence-corrected chi connectivity index (χ2v) is 12.5. The lowest BCUT2D eigenvalue weighted by Crippen LogP contribution is -2.52. The van der Waals surface area contributed by atoms with Crippen LogP contribution in [0.5, 0.6) is 0 Å². The van der Waals surface area contributed by atoms with Gasteiger partial charge >= 0.3 is 5.97 Å². The predicted octanol–water partition coefficient (Wildman–Crippen LogP) is 6.90. The van der Waals surface area contributed by atoms with E-state index >= 15 is 0 Å². The lowest BCUT2D eigenvalue weighted by Gasteiger charge is -2.25. The number of benzene rings is 2. The average Bonchev–Trinajstić information content (AvgIpc) is 3.75. The number of carboxylic acids is 1. The number of hydrogen-bond donors (Lipinski definition) is 3. The Morgan fingerprint density at radius 2 is 1.71 bits per heavy atom. The normalized spacial score (nSPS) is 14.1. The van der Waals surface area contributed by atoms with Gasteiger partial charge in [-0.3, -0.25) is 9.59 Å². The maximum absolute atomic E-state index is 13.5. The molecule has 3 N–H and O–H groups in total. The van der Waals surface area contributed by atoms with Crippen molar-refractivity contribution in [3.05, 3.63) is 76.1 Å². The molecule has 2 aromatic carbocycles. The van der Waals surface area contributed by atoms with Crippen LogP contribution in [-0.2, 0) is 18.9 Å². The highest BCUT2D eigenvalue weighted by Crippen LogP contribution is 2.45. The maximum atomic E-state index is 13.5. The van der Waals surface area contributed by atoms with Crippen LogP contribution in [0.4, 0.5) is 5.69 Å². The van der Waals surface area contributed by atoms with Gasteiger partial charge in [0.2, 0.25) is 5.91 Å². The van der Waals surface area contributed by atoms with E-state index in [2.05, 4.69) is 45.1 Å². The van der Waals surface area contributed by atoms with Gasteiger partial charge < -0.3 is 24.9 Å². The minimum Gasteiger partial charge on any atom is -0.477 e. The number of rotatable bonds is 7. The molecule has 0 unspecified atom stereocenters. The Bertz CT molecular complexity index is 1860. The Hall–Kier alpha value is -4.37. The van der Waals surface area contributed by atoms with Crippen molar-refractivity contribution in [2.45, 2.75) is 51.0 Å². The third-order valence-corrected chi connectivity index (χ3v) is 9.26. The summed E-state index contributed by atoms with van der Waals surface area (Å²) in [6, 6.07) is 14.8. The zero-order chi connectivity index (χ0) is 29.8. The highest BCUT2D eigenvalue weighted by atomic mass is 32.1. The van der Waals surface area contributed by atoms with Gasteiger partial charge in [-0.05, 0) is 86.0 Å². The first-order valence-corrected chi connectivity index (χ1v) is 15.1. The van der Waals surface area contributed by atoms with Gasteiger partial charge in [0, 0.05) is 58.1 Å². The number of aryl methyl sites for hydroxylation is 2. The van der Waals surface area contributed by atoms with Crippen molar-refractivity contribution in [1.29, 1.82) is 0 Å². The van der Waals surface area contributed by atoms with Gasteiger partial charge in [0.1, 0.15) is 11.2 Å². The van der Waals surface area contributed by atoms with Crippen LogP contribution in [0.1, 0.15) is 71.9 Å². The zero-order valence-corrected chi connectivity index (χ0v) is 25.0. The van der Waals surface area contributed by atoms with E-state index < -0.39 is 11.5 Å². The van der Waals surface area contributed by atoms with Crippen molar-refractivity contribution in [2.24, 2.45) is 14.1 Å². The Kier molecular flexibility index (Phi) is 6.93. The molecule has 0 atom stereocenters. The van der Waals surface area contributed by atoms with Gasteiger partial charge in [0.25, 0.3) is 5.91 Å². The molecule has 0 spiro atoms. The van der Waals surface area contributed by atoms with Gasteiger partial charge in [-0.15, -0.1) is 0 Å². The largest absolute Gasteiger partial charge is 0.477 e. The third kappa shape index (κ3) is 4.77. The number of aromatic nitrogens is 2. The second kappa shape index (κ2) is 10.5. The first kappa shape index (κ1) is 27.8. The molecule has 216 valence electrons. The molecule has 6 rings (SSSR count). The Morgan fingerprint density at radius 1 is 0.952 bits per heavy atom. The number of carbonyl (C=O) groups is 3. The van der Waals surface area contributed by atoms with E-state index in [1.807, 2.05) is 12.1 Å². The second-order valence-electron chi connectivity index (χ2n) is 11.7. The van der Waals surface area contributed by atoms with Crippen LogP contribution in [0.3, 0.4) is 0 Å². The number of nitrogens with one attached hydrogen (secondary N) is 2. The van der Waals surface area contributed by atoms with Crippen molar-refractivity contribution >= 4 is 56.6 Å². The van der Waals surface area contributed by atoms with Crippen LogP contribution in [-0.4, -0.2) is 37.6 Å². The molecule has 3 heterocycles. The quantitative estimate of drug-likeness (QED) is 0.194. The van der Waals surface area contributed by atoms with E-state index in [-0.39, 0.29) is 17.5 Å². The standard InChI is InChI=1S/C33H34N4O4S/c1-33(2,32(41)34-23-10-12-25-22(15-23)17-27(31(39)40)36(25)3)35-30(38)20-9-11-24-26(16-20)37(4)29(21-13-14-42-18-21)28(24)19-7-5-6-8-19/h9-19H,5-8H2,1-4H3,(H,34,41)(H,35,38)(H,39,40). The summed E-state index contributed by atoms with van der Waals surface area (Å²) in [6.45, 7) is 3.33. The first-order valence-electron chi connectivity index (χ1n) is 14.2. The van der Waals surface area contributed by atoms with Gasteiger partial charge in [-0.1, -0.05) is 18.9 Å². The van der Waals surface area contributed by atoms with E-state index in [1.54, 1.807) is 61.1 Å². The van der Waals surface area contributed by atoms with E-state index in [9.17, 15) is 19.5 Å². The molecule has 8 nitrogen and oxygen atoms in total. The fourth-order valence-electron chi connectivity index (χ4n) is 6.32. The Morgan fingerprint density at radius 3 is 2.40 bits per heavy atom. The van der Waals surface area contributed by atoms with Crippen molar-refractivity contribution < 1.29 is 19.5 Å². The summed E-state index contributed by atoms with van der Waals surface area (Å²) in [6.07, 6.45) is 4.84. The molecule has 0 bridgehead atoms. The molecule has 1 aliphatic rings. The van der Waals surface area contributed by atoms with E-state index in [1.165, 1.54) is 47.9 Å². The van der Waals surface area contributed by atoms with Crippen molar-refractivity contribution in [1.82, 2.24) is 14.5 Å². The molecular weight excluding hydrogens is 548 g/mol. The molecule has 1 fully saturated rings. The molecule has 1 saturated carbocycles. The number of carboxylic acid groups (broad SMARTS) is 1. The summed E-state index contributed by atoms with van der Waals surface area (Å²) >= 11 is 1.69. The highest BCUT2D eigenvalue weighted by molar-refractivity contribution is 7.08. The average molecular weight is 583 g/mol. The van der Waals surface area contributed by atoms with Crippen LogP contribution >= 0.6 is 11.3 Å². The van der Waals surface area contributed by atoms with E-state index in [0.29, 0.717) is 22.6 Å². The monoisotopic (exact) mass is 582 g/mol. The number of thiophene rings is 1. The van der Waals surface area contributed by atoms with E-state index in [4.69, 9.17) is 0 Å². The molecule has 0 saturated heterocycles. The number of anilines is 1. The molecule has 0 aliphatic heterocycles. The van der Waals surface area contributed by atoms with Crippen LogP contribution in [0, 0.1) is 0 Å². The van der Waals surface area contributed by atoms with Gasteiger partial charge in [-0.25, -0.2) is 4.79 Å². The van der Waals surface area contributed by atoms with Crippen molar-refractivity contribution in [2.75, 3.05) is 5.32 Å². The minimum atomic E-state index is -1.21. The summed E-state index contributed by atoms with van der Waals surface area (Å²) in [5.41, 5.74) is 5.51. The molecule has 2 amide bonds. The molecule has 5 aromatic rings. The summed E-state index contributed by atoms with van der Waals surface area (Å²) in [4.78, 5) is 38.2. The smallest absolute Gasteiger partial charge is 0.352 e. The lowest BCUT2D eigenvalue weighted by molar-refractivity contribution is -0.120. The van der Waals surface area contributed by atoms with Gasteiger partial charge in [0.15, 0.2) is 0 Å². The zero-order valence-electron chi connectivity index (χ0n) is 24.2. The number of aromatic carboxylic acids is 1. The SMILES string of the molecule is Cn1c(C(=O)O)cc2cc(NC(=O)C(C)(C)NC(=O)c3ccc4c(C5CCCC5)c(-c5ccsc5)n(C)c4c3)ccc21. The summed E-state index contributed by atoms with van der Waals surface area (Å²) < 4.78 is 3.80. The number of nitrogens with zero attached hydrogens (tertiary/aromatic N) is 2. The summed E-state index contributed by atoms with van der Waals surface area (Å²) in [5.74, 6) is -1.22. The van der Waals surface area contributed by atoms with Crippen LogP contribution in [0.25, 0.3) is 33.1 Å². The molecule has 42 heavy (non-hydrogen) atoms. The van der Waals surface area contributed by atoms with Crippen LogP contribution < -0.4 is 10.6 Å². The first-order chi connectivity index (χ1) is 20.0. The number of carbonyl (C=O) groups excluding carboxylic acids is 2. The molecular formula is C33H34N4O4S. The third-order valence-electron chi connectivity index (χ3n) is 8.57. The molecule has 3 aromatic heterocycles. The summed E-state index contributed by atoms with van der Waals surface area (Å²) in [7, 11) is 3.75. The highest BCUT2D eigenvalue weighted by Gasteiger charge is 2.31. The number of hydrogen-bond acceptors (Lipinski definition) is 4. The molecule has 0 radical (unpaired) electrons. The lowest BCUT2D eigenvalue weighted by atomic mass is 9.92. The molecule has 1 aliphatic carbocycles. The van der Waals surface area contributed by atoms with Gasteiger partial charge in [0.05, 0.1) is 5.69 Å². The fourth-order valence-corrected chi connectivity index (χ4v) is 6.96. The Labute approximate surface area is 248 Å². The number of amides is 2. The summed E-state index contributed by atoms with van der Waals surface area (Å²) in [5, 5.41) is 21.4. The number of fused-ring (bicyclic) bond motifs is 2. The van der Waals surface area contributed by atoms with Crippen molar-refractivity contribution in [3.8, 4) is 11.3 Å². The minimum absolute atomic E-state index is 0.161. The van der Waals surface area contributed by atoms with Gasteiger partial charge in [-0.2, -0.15) is 11.3 Å². The van der Waals surface area contributed by atoms with Crippen molar-refractivity contribution in [3.63, 3.8) is 0 Å². The predicted molar refractivity (Wildman–Crippen MR) is 167 cm³/mol. The van der Waals surface area contributed by atoms with Crippen LogP contribution in [0.2, 0.25) is 0 Å². The molecule has 9 heteroatoms. The topological polar surface area (TPSA) is 105 Å². The van der Waals surface area contributed by atoms with E-state index in [0.717, 1.165) is 11.0 Å². The maximum Gasteiger partial charge on any atom is 0.352 e. The Balaban J connectivity index is 1.25. The van der Waals surface area contributed by atoms with Crippen LogP contribution in [0.15, 0.2) is 59.3 Å².